The van der Waals surface area contributed by atoms with Crippen molar-refractivity contribution < 1.29 is 17.9 Å². The maximum absolute atomic E-state index is 12.6. The summed E-state index contributed by atoms with van der Waals surface area (Å²) < 4.78 is 44.0. The zero-order valence-corrected chi connectivity index (χ0v) is 11.7. The Labute approximate surface area is 121 Å². The molecule has 2 aromatic rings. The fraction of sp³-hybridized carbons (Fsp3) is 0.154. The average molecular weight is 347 g/mol. The van der Waals surface area contributed by atoms with Crippen LogP contribution in [0.25, 0.3) is 0 Å². The lowest BCUT2D eigenvalue weighted by Gasteiger charge is -2.11. The molecule has 0 saturated heterocycles. The fourth-order valence-electron chi connectivity index (χ4n) is 1.55. The largest absolute Gasteiger partial charge is 0.473 e. The Hall–Kier alpha value is -1.76. The predicted octanol–water partition coefficient (Wildman–Crippen LogP) is 4.02. The van der Waals surface area contributed by atoms with Gasteiger partial charge in [0.2, 0.25) is 5.88 Å². The van der Waals surface area contributed by atoms with Crippen molar-refractivity contribution in [3.63, 3.8) is 0 Å². The molecule has 0 fully saturated rings. The number of nitrogens with zero attached hydrogens (tertiary/aromatic N) is 1. The number of ether oxygens (including phenoxy) is 1. The second kappa shape index (κ2) is 5.70. The van der Waals surface area contributed by atoms with E-state index in [0.717, 1.165) is 22.2 Å². The molecule has 0 unspecified atom stereocenters. The van der Waals surface area contributed by atoms with Crippen molar-refractivity contribution in [2.75, 3.05) is 5.73 Å². The molecule has 0 amide bonds. The molecule has 0 aliphatic heterocycles. The van der Waals surface area contributed by atoms with Crippen LogP contribution in [0.2, 0.25) is 0 Å². The second-order valence-electron chi connectivity index (χ2n) is 4.04. The van der Waals surface area contributed by atoms with Gasteiger partial charge in [0.15, 0.2) is 0 Å². The van der Waals surface area contributed by atoms with Gasteiger partial charge in [-0.3, -0.25) is 0 Å². The summed E-state index contributed by atoms with van der Waals surface area (Å²) in [5.41, 5.74) is 5.27. The third kappa shape index (κ3) is 3.86. The van der Waals surface area contributed by atoms with Crippen LogP contribution in [0.15, 0.2) is 40.9 Å². The zero-order valence-electron chi connectivity index (χ0n) is 10.1. The molecular weight excluding hydrogens is 337 g/mol. The quantitative estimate of drug-likeness (QED) is 0.912. The first-order valence-corrected chi connectivity index (χ1v) is 6.36. The van der Waals surface area contributed by atoms with Crippen LogP contribution in [-0.4, -0.2) is 4.98 Å². The molecule has 1 heterocycles. The summed E-state index contributed by atoms with van der Waals surface area (Å²) in [5, 5.41) is 0. The molecule has 2 N–H and O–H groups in total. The number of hydrogen-bond donors (Lipinski definition) is 1. The van der Waals surface area contributed by atoms with Gasteiger partial charge in [-0.2, -0.15) is 18.2 Å². The fourth-order valence-corrected chi connectivity index (χ4v) is 1.99. The first-order chi connectivity index (χ1) is 9.34. The molecule has 20 heavy (non-hydrogen) atoms. The van der Waals surface area contributed by atoms with Crippen LogP contribution in [0.5, 0.6) is 5.88 Å². The van der Waals surface area contributed by atoms with Crippen molar-refractivity contribution in [1.29, 1.82) is 0 Å². The highest BCUT2D eigenvalue weighted by Crippen LogP contribution is 2.32. The van der Waals surface area contributed by atoms with Crippen LogP contribution in [0.3, 0.4) is 0 Å². The van der Waals surface area contributed by atoms with Crippen LogP contribution in [-0.2, 0) is 12.8 Å². The highest BCUT2D eigenvalue weighted by atomic mass is 79.9. The van der Waals surface area contributed by atoms with Gasteiger partial charge >= 0.3 is 6.18 Å². The Morgan fingerprint density at radius 1 is 1.20 bits per heavy atom. The SMILES string of the molecule is Nc1cc(C(F)(F)F)cc(OCc2cccc(Br)c2)n1. The minimum atomic E-state index is -4.48. The molecule has 1 aromatic heterocycles. The number of anilines is 1. The van der Waals surface area contributed by atoms with Crippen LogP contribution in [0, 0.1) is 0 Å². The third-order valence-corrected chi connectivity index (χ3v) is 2.92. The lowest BCUT2D eigenvalue weighted by Crippen LogP contribution is -2.08. The van der Waals surface area contributed by atoms with Gasteiger partial charge in [0.05, 0.1) is 5.56 Å². The highest BCUT2D eigenvalue weighted by Gasteiger charge is 2.31. The molecule has 1 aromatic carbocycles. The number of alkyl halides is 3. The van der Waals surface area contributed by atoms with Gasteiger partial charge in [-0.15, -0.1) is 0 Å². The Bertz CT molecular complexity index is 617. The van der Waals surface area contributed by atoms with Gasteiger partial charge < -0.3 is 10.5 Å². The van der Waals surface area contributed by atoms with E-state index in [-0.39, 0.29) is 18.3 Å². The molecule has 0 radical (unpaired) electrons. The first kappa shape index (κ1) is 14.6. The molecule has 0 aliphatic carbocycles. The van der Waals surface area contributed by atoms with Gasteiger partial charge in [0.25, 0.3) is 0 Å². The van der Waals surface area contributed by atoms with Gasteiger partial charge in [-0.05, 0) is 23.8 Å². The summed E-state index contributed by atoms with van der Waals surface area (Å²) in [6.45, 7) is 0.104. The number of pyridine rings is 1. The van der Waals surface area contributed by atoms with Crippen LogP contribution in [0.1, 0.15) is 11.1 Å². The molecule has 2 rings (SSSR count). The number of nitrogen functional groups attached to an aromatic ring is 1. The summed E-state index contributed by atoms with van der Waals surface area (Å²) in [5.74, 6) is -0.388. The van der Waals surface area contributed by atoms with Crippen LogP contribution >= 0.6 is 15.9 Å². The normalized spacial score (nSPS) is 11.4. The van der Waals surface area contributed by atoms with E-state index in [1.54, 1.807) is 18.2 Å². The molecule has 0 aliphatic rings. The number of hydrogen-bond acceptors (Lipinski definition) is 3. The number of rotatable bonds is 3. The van der Waals surface area contributed by atoms with Crippen molar-refractivity contribution in [3.8, 4) is 5.88 Å². The van der Waals surface area contributed by atoms with E-state index < -0.39 is 11.7 Å². The number of nitrogens with two attached hydrogens (primary N) is 1. The van der Waals surface area contributed by atoms with Gasteiger partial charge in [0, 0.05) is 10.5 Å². The van der Waals surface area contributed by atoms with Gasteiger partial charge in [-0.25, -0.2) is 0 Å². The van der Waals surface area contributed by atoms with Crippen molar-refractivity contribution in [1.82, 2.24) is 4.98 Å². The average Bonchev–Trinajstić information content (AvgIpc) is 2.35. The van der Waals surface area contributed by atoms with E-state index in [1.807, 2.05) is 6.07 Å². The van der Waals surface area contributed by atoms with Crippen LogP contribution < -0.4 is 10.5 Å². The summed E-state index contributed by atoms with van der Waals surface area (Å²) >= 11 is 3.30. The van der Waals surface area contributed by atoms with E-state index in [2.05, 4.69) is 20.9 Å². The monoisotopic (exact) mass is 346 g/mol. The lowest BCUT2D eigenvalue weighted by atomic mass is 10.2. The minimum Gasteiger partial charge on any atom is -0.473 e. The van der Waals surface area contributed by atoms with Crippen molar-refractivity contribution in [3.05, 3.63) is 52.0 Å². The Morgan fingerprint density at radius 2 is 1.95 bits per heavy atom. The third-order valence-electron chi connectivity index (χ3n) is 2.42. The van der Waals surface area contributed by atoms with E-state index >= 15 is 0 Å². The molecule has 7 heteroatoms. The first-order valence-electron chi connectivity index (χ1n) is 5.56. The molecule has 0 bridgehead atoms. The van der Waals surface area contributed by atoms with E-state index in [1.165, 1.54) is 0 Å². The number of halogens is 4. The molecular formula is C13H10BrF3N2O. The van der Waals surface area contributed by atoms with Gasteiger partial charge in [-0.1, -0.05) is 28.1 Å². The molecule has 0 saturated carbocycles. The van der Waals surface area contributed by atoms with Crippen molar-refractivity contribution >= 4 is 21.7 Å². The number of aromatic nitrogens is 1. The maximum atomic E-state index is 12.6. The van der Waals surface area contributed by atoms with E-state index in [9.17, 15) is 13.2 Å². The zero-order chi connectivity index (χ0) is 14.8. The smallest absolute Gasteiger partial charge is 0.416 e. The molecule has 106 valence electrons. The summed E-state index contributed by atoms with van der Waals surface area (Å²) in [7, 11) is 0. The molecule has 0 atom stereocenters. The summed E-state index contributed by atoms with van der Waals surface area (Å²) in [6.07, 6.45) is -4.48. The standard InChI is InChI=1S/C13H10BrF3N2O/c14-10-3-1-2-8(4-10)7-20-12-6-9(13(15,16)17)5-11(18)19-12/h1-6H,7H2,(H2,18,19). The van der Waals surface area contributed by atoms with E-state index in [4.69, 9.17) is 10.5 Å². The lowest BCUT2D eigenvalue weighted by molar-refractivity contribution is -0.137. The van der Waals surface area contributed by atoms with Crippen molar-refractivity contribution in [2.24, 2.45) is 0 Å². The molecule has 0 spiro atoms. The Morgan fingerprint density at radius 3 is 2.60 bits per heavy atom. The minimum absolute atomic E-state index is 0.104. The topological polar surface area (TPSA) is 48.1 Å². The number of benzene rings is 1. The summed E-state index contributed by atoms with van der Waals surface area (Å²) in [6, 6.07) is 8.83. The van der Waals surface area contributed by atoms with Gasteiger partial charge in [0.1, 0.15) is 12.4 Å². The second-order valence-corrected chi connectivity index (χ2v) is 4.95. The van der Waals surface area contributed by atoms with Crippen molar-refractivity contribution in [2.45, 2.75) is 12.8 Å². The molecule has 3 nitrogen and oxygen atoms in total. The van der Waals surface area contributed by atoms with E-state index in [0.29, 0.717) is 0 Å². The predicted molar refractivity (Wildman–Crippen MR) is 72.1 cm³/mol. The maximum Gasteiger partial charge on any atom is 0.416 e. The Kier molecular flexibility index (Phi) is 4.17. The summed E-state index contributed by atoms with van der Waals surface area (Å²) in [4.78, 5) is 3.73. The van der Waals surface area contributed by atoms with Crippen LogP contribution in [0.4, 0.5) is 19.0 Å². The highest BCUT2D eigenvalue weighted by molar-refractivity contribution is 9.10. The Balaban J connectivity index is 2.16.